The van der Waals surface area contributed by atoms with Gasteiger partial charge in [-0.3, -0.25) is 4.79 Å². The van der Waals surface area contributed by atoms with Gasteiger partial charge in [0.15, 0.2) is 0 Å². The largest absolute Gasteiger partial charge is 0.377 e. The number of rotatable bonds is 3. The molecule has 4 heteroatoms. The third-order valence-electron chi connectivity index (χ3n) is 3.94. The monoisotopic (exact) mass is 254 g/mol. The van der Waals surface area contributed by atoms with Gasteiger partial charge in [0, 0.05) is 12.5 Å². The Morgan fingerprint density at radius 1 is 1.39 bits per heavy atom. The summed E-state index contributed by atoms with van der Waals surface area (Å²) in [5.41, 5.74) is 0. The average Bonchev–Trinajstić information content (AvgIpc) is 2.39. The van der Waals surface area contributed by atoms with Crippen LogP contribution < -0.4 is 5.32 Å². The van der Waals surface area contributed by atoms with Crippen LogP contribution in [-0.4, -0.2) is 49.7 Å². The lowest BCUT2D eigenvalue weighted by atomic mass is 9.94. The zero-order valence-corrected chi connectivity index (χ0v) is 11.7. The van der Waals surface area contributed by atoms with Gasteiger partial charge in [-0.15, -0.1) is 0 Å². The van der Waals surface area contributed by atoms with Crippen LogP contribution in [0.2, 0.25) is 0 Å². The highest BCUT2D eigenvalue weighted by Crippen LogP contribution is 2.21. The van der Waals surface area contributed by atoms with Crippen molar-refractivity contribution in [2.45, 2.75) is 39.2 Å². The van der Waals surface area contributed by atoms with Crippen molar-refractivity contribution in [3.8, 4) is 0 Å². The minimum Gasteiger partial charge on any atom is -0.377 e. The van der Waals surface area contributed by atoms with Gasteiger partial charge in [-0.05, 0) is 38.3 Å². The van der Waals surface area contributed by atoms with E-state index < -0.39 is 0 Å². The average molecular weight is 254 g/mol. The molecule has 0 saturated carbocycles. The number of nitrogens with one attached hydrogen (secondary N) is 1. The molecule has 0 spiro atoms. The zero-order valence-electron chi connectivity index (χ0n) is 11.7. The lowest BCUT2D eigenvalue weighted by molar-refractivity contribution is -0.145. The van der Waals surface area contributed by atoms with Crippen LogP contribution in [0.5, 0.6) is 0 Å². The van der Waals surface area contributed by atoms with E-state index in [0.717, 1.165) is 45.5 Å². The van der Waals surface area contributed by atoms with E-state index in [-0.39, 0.29) is 5.92 Å². The molecule has 4 nitrogen and oxygen atoms in total. The smallest absolute Gasteiger partial charge is 0.226 e. The van der Waals surface area contributed by atoms with Crippen LogP contribution in [-0.2, 0) is 9.53 Å². The number of morpholine rings is 1. The van der Waals surface area contributed by atoms with Crippen LogP contribution >= 0.6 is 0 Å². The maximum absolute atomic E-state index is 12.6. The normalized spacial score (nSPS) is 26.6. The maximum Gasteiger partial charge on any atom is 0.226 e. The van der Waals surface area contributed by atoms with Crippen molar-refractivity contribution in [3.05, 3.63) is 0 Å². The van der Waals surface area contributed by atoms with Crippen molar-refractivity contribution >= 4 is 5.91 Å². The molecule has 2 aliphatic rings. The molecule has 0 aromatic rings. The number of carbonyl (C=O) groups excluding carboxylic acids is 1. The van der Waals surface area contributed by atoms with Crippen LogP contribution in [0.1, 0.15) is 33.1 Å². The Morgan fingerprint density at radius 2 is 2.11 bits per heavy atom. The topological polar surface area (TPSA) is 41.6 Å². The van der Waals surface area contributed by atoms with Crippen molar-refractivity contribution in [1.29, 1.82) is 0 Å². The second-order valence-electron chi connectivity index (χ2n) is 5.91. The predicted molar refractivity (Wildman–Crippen MR) is 71.4 cm³/mol. The molecule has 2 saturated heterocycles. The van der Waals surface area contributed by atoms with Gasteiger partial charge in [-0.1, -0.05) is 13.8 Å². The second kappa shape index (κ2) is 6.53. The summed E-state index contributed by atoms with van der Waals surface area (Å²) in [4.78, 5) is 14.7. The van der Waals surface area contributed by atoms with Crippen LogP contribution in [0.3, 0.4) is 0 Å². The van der Waals surface area contributed by atoms with E-state index in [0.29, 0.717) is 24.5 Å². The molecule has 0 radical (unpaired) electrons. The van der Waals surface area contributed by atoms with Crippen LogP contribution in [0.25, 0.3) is 0 Å². The molecular formula is C14H26N2O2. The molecule has 2 aliphatic heterocycles. The van der Waals surface area contributed by atoms with Gasteiger partial charge >= 0.3 is 0 Å². The molecule has 1 N–H and O–H groups in total. The van der Waals surface area contributed by atoms with E-state index in [4.69, 9.17) is 4.74 Å². The van der Waals surface area contributed by atoms with Gasteiger partial charge in [0.1, 0.15) is 0 Å². The maximum atomic E-state index is 12.6. The molecule has 0 aromatic heterocycles. The Labute approximate surface area is 110 Å². The van der Waals surface area contributed by atoms with Gasteiger partial charge in [-0.2, -0.15) is 0 Å². The first-order valence-electron chi connectivity index (χ1n) is 7.27. The predicted octanol–water partition coefficient (Wildman–Crippen LogP) is 1.26. The molecular weight excluding hydrogens is 228 g/mol. The van der Waals surface area contributed by atoms with Gasteiger partial charge < -0.3 is 15.0 Å². The summed E-state index contributed by atoms with van der Waals surface area (Å²) in [6.07, 6.45) is 3.03. The molecule has 1 atom stereocenters. The fourth-order valence-electron chi connectivity index (χ4n) is 2.99. The molecule has 0 bridgehead atoms. The van der Waals surface area contributed by atoms with Gasteiger partial charge in [0.25, 0.3) is 0 Å². The third kappa shape index (κ3) is 3.45. The summed E-state index contributed by atoms with van der Waals surface area (Å²) in [6, 6.07) is 0.293. The Balaban J connectivity index is 1.96. The standard InChI is InChI=1S/C14H26N2O2/c1-11(2)9-13-10-18-8-7-16(13)14(17)12-3-5-15-6-4-12/h11-13,15H,3-10H2,1-2H3. The lowest BCUT2D eigenvalue weighted by Crippen LogP contribution is -2.52. The summed E-state index contributed by atoms with van der Waals surface area (Å²) < 4.78 is 5.54. The highest BCUT2D eigenvalue weighted by molar-refractivity contribution is 5.79. The Bertz CT molecular complexity index is 275. The van der Waals surface area contributed by atoms with Crippen LogP contribution in [0, 0.1) is 11.8 Å². The number of ether oxygens (including phenoxy) is 1. The second-order valence-corrected chi connectivity index (χ2v) is 5.91. The minimum atomic E-state index is 0.235. The lowest BCUT2D eigenvalue weighted by Gasteiger charge is -2.39. The van der Waals surface area contributed by atoms with Gasteiger partial charge in [0.2, 0.25) is 5.91 Å². The highest BCUT2D eigenvalue weighted by atomic mass is 16.5. The molecule has 1 amide bonds. The SMILES string of the molecule is CC(C)CC1COCCN1C(=O)C1CCNCC1. The summed E-state index contributed by atoms with van der Waals surface area (Å²) in [5.74, 6) is 1.21. The van der Waals surface area contributed by atoms with E-state index in [2.05, 4.69) is 24.1 Å². The first kappa shape index (κ1) is 13.8. The number of carbonyl (C=O) groups is 1. The number of amides is 1. The van der Waals surface area contributed by atoms with Crippen molar-refractivity contribution in [2.24, 2.45) is 11.8 Å². The molecule has 2 heterocycles. The van der Waals surface area contributed by atoms with E-state index in [1.54, 1.807) is 0 Å². The fraction of sp³-hybridized carbons (Fsp3) is 0.929. The molecule has 104 valence electrons. The van der Waals surface area contributed by atoms with Gasteiger partial charge in [-0.25, -0.2) is 0 Å². The first-order valence-corrected chi connectivity index (χ1v) is 7.27. The Hall–Kier alpha value is -0.610. The van der Waals surface area contributed by atoms with Crippen LogP contribution in [0.15, 0.2) is 0 Å². The van der Waals surface area contributed by atoms with Crippen molar-refractivity contribution in [2.75, 3.05) is 32.8 Å². The summed E-state index contributed by atoms with van der Waals surface area (Å²) in [6.45, 7) is 8.58. The van der Waals surface area contributed by atoms with Crippen LogP contribution in [0.4, 0.5) is 0 Å². The molecule has 2 fully saturated rings. The number of hydrogen-bond acceptors (Lipinski definition) is 3. The Kier molecular flexibility index (Phi) is 5.01. The van der Waals surface area contributed by atoms with Crippen molar-refractivity contribution in [1.82, 2.24) is 10.2 Å². The number of hydrogen-bond donors (Lipinski definition) is 1. The number of piperidine rings is 1. The van der Waals surface area contributed by atoms with E-state index >= 15 is 0 Å². The van der Waals surface area contributed by atoms with Gasteiger partial charge in [0.05, 0.1) is 19.3 Å². The first-order chi connectivity index (χ1) is 8.68. The highest BCUT2D eigenvalue weighted by Gasteiger charge is 2.32. The quantitative estimate of drug-likeness (QED) is 0.824. The van der Waals surface area contributed by atoms with E-state index in [9.17, 15) is 4.79 Å². The summed E-state index contributed by atoms with van der Waals surface area (Å²) in [5, 5.41) is 3.32. The molecule has 2 rings (SSSR count). The summed E-state index contributed by atoms with van der Waals surface area (Å²) >= 11 is 0. The van der Waals surface area contributed by atoms with E-state index in [1.807, 2.05) is 0 Å². The molecule has 0 aliphatic carbocycles. The number of nitrogens with zero attached hydrogens (tertiary/aromatic N) is 1. The fourth-order valence-corrected chi connectivity index (χ4v) is 2.99. The summed E-state index contributed by atoms with van der Waals surface area (Å²) in [7, 11) is 0. The minimum absolute atomic E-state index is 0.235. The zero-order chi connectivity index (χ0) is 13.0. The van der Waals surface area contributed by atoms with E-state index in [1.165, 1.54) is 0 Å². The Morgan fingerprint density at radius 3 is 2.78 bits per heavy atom. The van der Waals surface area contributed by atoms with Crippen molar-refractivity contribution < 1.29 is 9.53 Å². The molecule has 0 aromatic carbocycles. The third-order valence-corrected chi connectivity index (χ3v) is 3.94. The molecule has 18 heavy (non-hydrogen) atoms. The van der Waals surface area contributed by atoms with Crippen molar-refractivity contribution in [3.63, 3.8) is 0 Å². The molecule has 1 unspecified atom stereocenters.